The second-order valence-electron chi connectivity index (χ2n) is 12.1. The highest BCUT2D eigenvalue weighted by Gasteiger charge is 2.56. The van der Waals surface area contributed by atoms with Crippen LogP contribution < -0.4 is 5.32 Å². The number of nitrogens with zero attached hydrogens (tertiary/aromatic N) is 2. The van der Waals surface area contributed by atoms with Crippen molar-refractivity contribution in [3.8, 4) is 0 Å². The van der Waals surface area contributed by atoms with Crippen molar-refractivity contribution in [2.24, 2.45) is 10.9 Å². The van der Waals surface area contributed by atoms with Gasteiger partial charge >= 0.3 is 0 Å². The number of aromatic nitrogens is 1. The zero-order chi connectivity index (χ0) is 30.0. The fraction of sp³-hybridized carbons (Fsp3) is 0.324. The van der Waals surface area contributed by atoms with Crippen LogP contribution in [0.25, 0.3) is 5.57 Å². The minimum atomic E-state index is -0.695. The first kappa shape index (κ1) is 28.7. The molecule has 1 saturated carbocycles. The maximum absolute atomic E-state index is 13.0. The van der Waals surface area contributed by atoms with Crippen LogP contribution in [0.2, 0.25) is 0 Å². The van der Waals surface area contributed by atoms with Gasteiger partial charge in [-0.15, -0.1) is 11.3 Å². The number of allylic oxidation sites excluding steroid dienone is 1. The van der Waals surface area contributed by atoms with Crippen LogP contribution in [0.1, 0.15) is 71.2 Å². The lowest BCUT2D eigenvalue weighted by molar-refractivity contribution is -0.182. The maximum atomic E-state index is 13.0. The predicted octanol–water partition coefficient (Wildman–Crippen LogP) is 7.57. The molecule has 6 nitrogen and oxygen atoms in total. The number of nitrogens with one attached hydrogen (secondary N) is 1. The monoisotopic (exact) mass is 603 g/mol. The molecule has 2 fully saturated rings. The van der Waals surface area contributed by atoms with Gasteiger partial charge in [0.05, 0.1) is 24.5 Å². The molecule has 0 bridgehead atoms. The molecule has 3 aromatic carbocycles. The number of benzene rings is 3. The Balaban J connectivity index is 1.23. The van der Waals surface area contributed by atoms with E-state index in [9.17, 15) is 4.79 Å². The third-order valence-corrected chi connectivity index (χ3v) is 10.4. The standard InChI is InChI=1S/C37H37N3O3S/c1-2-26(32(27-13-6-3-7-14-27)28-15-8-4-9-16-28)21-31-24-44-34(38-31)37-25-43-36(19-12-20-36)22-30(37)23-42-35(40-37)39-33(41)29-17-10-5-11-18-29/h3-11,13-18,24,30H,2,12,19-23,25H2,1H3,(H,39,40,41)/t30-,37-/m0/s1. The Morgan fingerprint density at radius 1 is 0.932 bits per heavy atom. The molecular formula is C37H37N3O3S. The summed E-state index contributed by atoms with van der Waals surface area (Å²) in [7, 11) is 0. The molecule has 7 heteroatoms. The second kappa shape index (κ2) is 12.1. The van der Waals surface area contributed by atoms with Crippen molar-refractivity contribution < 1.29 is 14.3 Å². The van der Waals surface area contributed by atoms with Gasteiger partial charge in [-0.05, 0) is 60.9 Å². The number of hydrogen-bond acceptors (Lipinski definition) is 6. The summed E-state index contributed by atoms with van der Waals surface area (Å²) in [6, 6.07) is 30.7. The van der Waals surface area contributed by atoms with Gasteiger partial charge < -0.3 is 9.47 Å². The van der Waals surface area contributed by atoms with Gasteiger partial charge in [0.1, 0.15) is 10.5 Å². The smallest absolute Gasteiger partial charge is 0.292 e. The molecule has 1 aromatic heterocycles. The molecule has 0 unspecified atom stereocenters. The number of ether oxygens (including phenoxy) is 2. The zero-order valence-corrected chi connectivity index (χ0v) is 25.8. The number of aliphatic imine (C=N–C) groups is 1. The van der Waals surface area contributed by atoms with E-state index in [1.807, 2.05) is 18.2 Å². The van der Waals surface area contributed by atoms with Crippen LogP contribution in [0.15, 0.2) is 107 Å². The number of hydrogen-bond donors (Lipinski definition) is 1. The first-order valence-electron chi connectivity index (χ1n) is 15.6. The third-order valence-electron chi connectivity index (χ3n) is 9.36. The molecule has 2 atom stereocenters. The molecule has 4 aromatic rings. The summed E-state index contributed by atoms with van der Waals surface area (Å²) in [5.41, 5.74) is 5.85. The fourth-order valence-corrected chi connectivity index (χ4v) is 7.81. The van der Waals surface area contributed by atoms with E-state index in [2.05, 4.69) is 78.3 Å². The lowest BCUT2D eigenvalue weighted by Crippen LogP contribution is -2.58. The molecule has 1 amide bonds. The Hall–Kier alpha value is -4.07. The van der Waals surface area contributed by atoms with Crippen LogP contribution >= 0.6 is 11.3 Å². The summed E-state index contributed by atoms with van der Waals surface area (Å²) in [6.07, 6.45) is 5.90. The first-order valence-corrected chi connectivity index (χ1v) is 16.5. The summed E-state index contributed by atoms with van der Waals surface area (Å²) in [5, 5.41) is 6.01. The molecule has 1 spiro atoms. The van der Waals surface area contributed by atoms with Gasteiger partial charge in [-0.1, -0.05) is 91.4 Å². The lowest BCUT2D eigenvalue weighted by atomic mass is 9.67. The van der Waals surface area contributed by atoms with Crippen LogP contribution in [0.3, 0.4) is 0 Å². The van der Waals surface area contributed by atoms with E-state index in [1.54, 1.807) is 23.5 Å². The third kappa shape index (κ3) is 5.51. The molecule has 3 heterocycles. The van der Waals surface area contributed by atoms with E-state index in [0.717, 1.165) is 42.8 Å². The fourth-order valence-electron chi connectivity index (χ4n) is 6.78. The van der Waals surface area contributed by atoms with Gasteiger partial charge in [-0.3, -0.25) is 10.1 Å². The molecule has 7 rings (SSSR count). The van der Waals surface area contributed by atoms with Gasteiger partial charge in [0.2, 0.25) is 0 Å². The number of fused-ring (bicyclic) bond motifs is 1. The van der Waals surface area contributed by atoms with Crippen molar-refractivity contribution >= 4 is 28.8 Å². The highest BCUT2D eigenvalue weighted by Crippen LogP contribution is 2.53. The molecular weight excluding hydrogens is 566 g/mol. The number of rotatable bonds is 7. The number of carbonyl (C=O) groups is 1. The first-order chi connectivity index (χ1) is 21.6. The Morgan fingerprint density at radius 2 is 1.57 bits per heavy atom. The van der Waals surface area contributed by atoms with E-state index < -0.39 is 5.54 Å². The molecule has 1 aliphatic carbocycles. The van der Waals surface area contributed by atoms with Crippen LogP contribution in [-0.2, 0) is 21.4 Å². The highest BCUT2D eigenvalue weighted by atomic mass is 32.1. The summed E-state index contributed by atoms with van der Waals surface area (Å²) < 4.78 is 12.7. The second-order valence-corrected chi connectivity index (χ2v) is 12.9. The van der Waals surface area contributed by atoms with Gasteiger partial charge in [0, 0.05) is 23.3 Å². The predicted molar refractivity (Wildman–Crippen MR) is 175 cm³/mol. The summed E-state index contributed by atoms with van der Waals surface area (Å²) in [6.45, 7) is 3.13. The largest absolute Gasteiger partial charge is 0.465 e. The van der Waals surface area contributed by atoms with Crippen molar-refractivity contribution in [3.63, 3.8) is 0 Å². The Bertz CT molecular complexity index is 1640. The molecule has 3 aliphatic rings. The van der Waals surface area contributed by atoms with Gasteiger partial charge in [-0.2, -0.15) is 0 Å². The molecule has 224 valence electrons. The highest BCUT2D eigenvalue weighted by molar-refractivity contribution is 7.09. The normalized spacial score (nSPS) is 21.8. The summed E-state index contributed by atoms with van der Waals surface area (Å²) in [4.78, 5) is 23.4. The summed E-state index contributed by atoms with van der Waals surface area (Å²) >= 11 is 1.64. The van der Waals surface area contributed by atoms with Gasteiger partial charge in [0.25, 0.3) is 11.9 Å². The molecule has 2 aliphatic heterocycles. The number of carbonyl (C=O) groups excluding carboxylic acids is 1. The van der Waals surface area contributed by atoms with Crippen LogP contribution in [0.4, 0.5) is 0 Å². The Morgan fingerprint density at radius 3 is 2.16 bits per heavy atom. The van der Waals surface area contributed by atoms with Crippen molar-refractivity contribution in [2.75, 3.05) is 13.2 Å². The molecule has 44 heavy (non-hydrogen) atoms. The van der Waals surface area contributed by atoms with Crippen LogP contribution in [0.5, 0.6) is 0 Å². The SMILES string of the molecule is CCC(Cc1csc([C@]23COC4(CCC4)C[C@H]2COC(NC(=O)c2ccccc2)=N3)n1)=C(c1ccccc1)c1ccccc1. The van der Waals surface area contributed by atoms with E-state index >= 15 is 0 Å². The Kier molecular flexibility index (Phi) is 7.91. The average Bonchev–Trinajstić information content (AvgIpc) is 3.54. The Labute approximate surface area is 262 Å². The van der Waals surface area contributed by atoms with E-state index in [0.29, 0.717) is 18.8 Å². The number of amides is 1. The average molecular weight is 604 g/mol. The minimum Gasteiger partial charge on any atom is -0.465 e. The van der Waals surface area contributed by atoms with Crippen molar-refractivity contribution in [1.82, 2.24) is 10.3 Å². The molecule has 1 N–H and O–H groups in total. The topological polar surface area (TPSA) is 72.8 Å². The van der Waals surface area contributed by atoms with Crippen LogP contribution in [-0.4, -0.2) is 35.7 Å². The van der Waals surface area contributed by atoms with E-state index in [4.69, 9.17) is 19.5 Å². The quantitative estimate of drug-likeness (QED) is 0.237. The van der Waals surface area contributed by atoms with Crippen molar-refractivity contribution in [2.45, 2.75) is 56.6 Å². The molecule has 0 radical (unpaired) electrons. The van der Waals surface area contributed by atoms with E-state index in [1.165, 1.54) is 28.7 Å². The van der Waals surface area contributed by atoms with Crippen molar-refractivity contribution in [3.05, 3.63) is 129 Å². The maximum Gasteiger partial charge on any atom is 0.292 e. The zero-order valence-electron chi connectivity index (χ0n) is 25.0. The minimum absolute atomic E-state index is 0.0731. The van der Waals surface area contributed by atoms with Gasteiger partial charge in [-0.25, -0.2) is 9.98 Å². The van der Waals surface area contributed by atoms with E-state index in [-0.39, 0.29) is 23.4 Å². The van der Waals surface area contributed by atoms with Crippen LogP contribution in [0, 0.1) is 5.92 Å². The lowest BCUT2D eigenvalue weighted by Gasteiger charge is -2.53. The van der Waals surface area contributed by atoms with Gasteiger partial charge in [0.15, 0.2) is 0 Å². The number of thiazole rings is 1. The van der Waals surface area contributed by atoms with Crippen molar-refractivity contribution in [1.29, 1.82) is 0 Å². The summed E-state index contributed by atoms with van der Waals surface area (Å²) in [5.74, 6) is -0.115. The number of amidine groups is 1. The molecule has 1 saturated heterocycles.